The van der Waals surface area contributed by atoms with Crippen LogP contribution in [-0.2, 0) is 0 Å². The summed E-state index contributed by atoms with van der Waals surface area (Å²) in [7, 11) is 4.54. The van der Waals surface area contributed by atoms with Crippen molar-refractivity contribution in [3.8, 4) is 17.6 Å². The first-order chi connectivity index (χ1) is 9.71. The van der Waals surface area contributed by atoms with Gasteiger partial charge in [-0.3, -0.25) is 0 Å². The van der Waals surface area contributed by atoms with Crippen molar-refractivity contribution in [2.24, 2.45) is 5.73 Å². The molecule has 0 aliphatic heterocycles. The number of aromatic nitrogens is 3. The molecule has 0 aliphatic rings. The van der Waals surface area contributed by atoms with Gasteiger partial charge < -0.3 is 19.9 Å². The van der Waals surface area contributed by atoms with Gasteiger partial charge in [-0.1, -0.05) is 6.07 Å². The summed E-state index contributed by atoms with van der Waals surface area (Å²) in [6.07, 6.45) is 3.12. The van der Waals surface area contributed by atoms with Gasteiger partial charge in [-0.25, -0.2) is 9.97 Å². The van der Waals surface area contributed by atoms with Gasteiger partial charge in [-0.15, -0.1) is 0 Å². The van der Waals surface area contributed by atoms with Crippen LogP contribution in [0.2, 0.25) is 0 Å². The molecule has 1 unspecified atom stereocenters. The van der Waals surface area contributed by atoms with Crippen LogP contribution in [0.25, 0.3) is 0 Å². The summed E-state index contributed by atoms with van der Waals surface area (Å²) in [6, 6.07) is 3.04. The molecule has 0 aliphatic carbocycles. The van der Waals surface area contributed by atoms with Crippen molar-refractivity contribution in [3.63, 3.8) is 0 Å². The third-order valence-corrected chi connectivity index (χ3v) is 2.77. The van der Waals surface area contributed by atoms with E-state index < -0.39 is 6.04 Å². The number of methoxy groups -OCH3 is 3. The van der Waals surface area contributed by atoms with Gasteiger partial charge in [-0.05, 0) is 6.07 Å². The SMILES string of the molecule is COc1cnc(C(N)c2cccnc2OC)c(OC)n1. The number of hydrogen-bond acceptors (Lipinski definition) is 7. The van der Waals surface area contributed by atoms with Gasteiger partial charge in [0.25, 0.3) is 0 Å². The largest absolute Gasteiger partial charge is 0.481 e. The van der Waals surface area contributed by atoms with Crippen LogP contribution in [0.15, 0.2) is 24.5 Å². The topological polar surface area (TPSA) is 92.4 Å². The highest BCUT2D eigenvalue weighted by Crippen LogP contribution is 2.30. The van der Waals surface area contributed by atoms with Gasteiger partial charge in [0.05, 0.1) is 33.6 Å². The second-order valence-corrected chi connectivity index (χ2v) is 3.89. The van der Waals surface area contributed by atoms with Crippen molar-refractivity contribution in [1.29, 1.82) is 0 Å². The van der Waals surface area contributed by atoms with Gasteiger partial charge in [0.15, 0.2) is 0 Å². The molecule has 0 saturated heterocycles. The molecule has 2 heterocycles. The van der Waals surface area contributed by atoms with E-state index in [1.165, 1.54) is 27.5 Å². The lowest BCUT2D eigenvalue weighted by atomic mass is 10.1. The van der Waals surface area contributed by atoms with Crippen molar-refractivity contribution in [1.82, 2.24) is 15.0 Å². The zero-order valence-electron chi connectivity index (χ0n) is 11.5. The van der Waals surface area contributed by atoms with E-state index in [9.17, 15) is 0 Å². The highest BCUT2D eigenvalue weighted by atomic mass is 16.5. The molecule has 106 valence electrons. The lowest BCUT2D eigenvalue weighted by molar-refractivity contribution is 0.354. The van der Waals surface area contributed by atoms with E-state index in [1.807, 2.05) is 6.07 Å². The number of rotatable bonds is 5. The quantitative estimate of drug-likeness (QED) is 0.868. The molecular formula is C13H16N4O3. The molecule has 2 rings (SSSR count). The van der Waals surface area contributed by atoms with Crippen LogP contribution in [0, 0.1) is 0 Å². The summed E-state index contributed by atoms with van der Waals surface area (Å²) in [6.45, 7) is 0. The van der Waals surface area contributed by atoms with Gasteiger partial charge in [0.2, 0.25) is 17.6 Å². The summed E-state index contributed by atoms with van der Waals surface area (Å²) in [5.41, 5.74) is 7.40. The Labute approximate surface area is 116 Å². The first kappa shape index (κ1) is 14.0. The highest BCUT2D eigenvalue weighted by molar-refractivity contribution is 5.38. The Morgan fingerprint density at radius 1 is 1.05 bits per heavy atom. The molecule has 0 amide bonds. The van der Waals surface area contributed by atoms with Crippen molar-refractivity contribution >= 4 is 0 Å². The molecule has 0 bridgehead atoms. The Morgan fingerprint density at radius 2 is 1.80 bits per heavy atom. The highest BCUT2D eigenvalue weighted by Gasteiger charge is 2.21. The molecule has 0 radical (unpaired) electrons. The van der Waals surface area contributed by atoms with Gasteiger partial charge in [0.1, 0.15) is 5.69 Å². The molecule has 2 aromatic heterocycles. The fourth-order valence-corrected chi connectivity index (χ4v) is 1.79. The molecule has 20 heavy (non-hydrogen) atoms. The third-order valence-electron chi connectivity index (χ3n) is 2.77. The third kappa shape index (κ3) is 2.62. The summed E-state index contributed by atoms with van der Waals surface area (Å²) < 4.78 is 15.4. The number of nitrogens with two attached hydrogens (primary N) is 1. The Balaban J connectivity index is 2.45. The van der Waals surface area contributed by atoms with Crippen LogP contribution in [0.3, 0.4) is 0 Å². The zero-order chi connectivity index (χ0) is 14.5. The summed E-state index contributed by atoms with van der Waals surface area (Å²) in [5.74, 6) is 1.11. The molecule has 1 atom stereocenters. The van der Waals surface area contributed by atoms with Crippen LogP contribution < -0.4 is 19.9 Å². The Morgan fingerprint density at radius 3 is 2.45 bits per heavy atom. The molecule has 0 saturated carbocycles. The predicted molar refractivity (Wildman–Crippen MR) is 72.0 cm³/mol. The minimum Gasteiger partial charge on any atom is -0.481 e. The summed E-state index contributed by atoms with van der Waals surface area (Å²) in [5, 5.41) is 0. The van der Waals surface area contributed by atoms with Gasteiger partial charge >= 0.3 is 0 Å². The molecular weight excluding hydrogens is 260 g/mol. The minimum absolute atomic E-state index is 0.308. The standard InChI is InChI=1S/C13H16N4O3/c1-18-9-7-16-11(13(17-9)20-3)10(14)8-5-4-6-15-12(8)19-2/h4-7,10H,14H2,1-3H3. The fraction of sp³-hybridized carbons (Fsp3) is 0.308. The molecule has 0 spiro atoms. The van der Waals surface area contributed by atoms with Gasteiger partial charge in [-0.2, -0.15) is 4.98 Å². The molecule has 0 fully saturated rings. The average Bonchev–Trinajstić information content (AvgIpc) is 2.53. The zero-order valence-corrected chi connectivity index (χ0v) is 11.5. The van der Waals surface area contributed by atoms with Crippen LogP contribution in [-0.4, -0.2) is 36.3 Å². The van der Waals surface area contributed by atoms with Gasteiger partial charge in [0, 0.05) is 11.8 Å². The first-order valence-corrected chi connectivity index (χ1v) is 5.90. The smallest absolute Gasteiger partial charge is 0.240 e. The monoisotopic (exact) mass is 276 g/mol. The van der Waals surface area contributed by atoms with E-state index in [1.54, 1.807) is 12.3 Å². The molecule has 2 N–H and O–H groups in total. The molecule has 0 aromatic carbocycles. The molecule has 2 aromatic rings. The predicted octanol–water partition coefficient (Wildman–Crippen LogP) is 0.945. The fourth-order valence-electron chi connectivity index (χ4n) is 1.79. The lowest BCUT2D eigenvalue weighted by Gasteiger charge is -2.16. The molecule has 7 heteroatoms. The number of pyridine rings is 1. The van der Waals surface area contributed by atoms with Crippen LogP contribution >= 0.6 is 0 Å². The van der Waals surface area contributed by atoms with Crippen molar-refractivity contribution in [3.05, 3.63) is 35.8 Å². The minimum atomic E-state index is -0.563. The second kappa shape index (κ2) is 6.16. The first-order valence-electron chi connectivity index (χ1n) is 5.90. The van der Waals surface area contributed by atoms with E-state index in [4.69, 9.17) is 19.9 Å². The Kier molecular flexibility index (Phi) is 4.31. The summed E-state index contributed by atoms with van der Waals surface area (Å²) in [4.78, 5) is 12.5. The van der Waals surface area contributed by atoms with Crippen molar-refractivity contribution < 1.29 is 14.2 Å². The Bertz CT molecular complexity index is 592. The summed E-state index contributed by atoms with van der Waals surface area (Å²) >= 11 is 0. The Hall–Kier alpha value is -2.41. The van der Waals surface area contributed by atoms with Crippen molar-refractivity contribution in [2.75, 3.05) is 21.3 Å². The molecule has 7 nitrogen and oxygen atoms in total. The number of ether oxygens (including phenoxy) is 3. The number of nitrogens with zero attached hydrogens (tertiary/aromatic N) is 3. The van der Waals surface area contributed by atoms with Crippen LogP contribution in [0.1, 0.15) is 17.3 Å². The second-order valence-electron chi connectivity index (χ2n) is 3.89. The lowest BCUT2D eigenvalue weighted by Crippen LogP contribution is -2.17. The maximum absolute atomic E-state index is 6.22. The normalized spacial score (nSPS) is 11.8. The van der Waals surface area contributed by atoms with Crippen LogP contribution in [0.4, 0.5) is 0 Å². The van der Waals surface area contributed by atoms with Crippen molar-refractivity contribution in [2.45, 2.75) is 6.04 Å². The maximum Gasteiger partial charge on any atom is 0.240 e. The average molecular weight is 276 g/mol. The van der Waals surface area contributed by atoms with E-state index >= 15 is 0 Å². The maximum atomic E-state index is 6.22. The van der Waals surface area contributed by atoms with Crippen LogP contribution in [0.5, 0.6) is 17.6 Å². The van der Waals surface area contributed by atoms with E-state index in [-0.39, 0.29) is 0 Å². The van der Waals surface area contributed by atoms with E-state index in [0.29, 0.717) is 28.9 Å². The van der Waals surface area contributed by atoms with E-state index in [2.05, 4.69) is 15.0 Å². The van der Waals surface area contributed by atoms with E-state index in [0.717, 1.165) is 0 Å². The number of hydrogen-bond donors (Lipinski definition) is 1.